The highest BCUT2D eigenvalue weighted by Crippen LogP contribution is 2.44. The monoisotopic (exact) mass is 410 g/mol. The molecule has 2 saturated carbocycles. The molecule has 0 aromatic heterocycles. The van der Waals surface area contributed by atoms with Crippen LogP contribution in [0.2, 0.25) is 0 Å². The zero-order valence-electron chi connectivity index (χ0n) is 16.6. The summed E-state index contributed by atoms with van der Waals surface area (Å²) in [5.74, 6) is 2.42. The maximum Gasteiger partial charge on any atom is 0.226 e. The molecule has 3 atom stereocenters. The van der Waals surface area contributed by atoms with Crippen molar-refractivity contribution in [1.82, 2.24) is 4.90 Å². The van der Waals surface area contributed by atoms with E-state index in [1.54, 1.807) is 19.1 Å². The summed E-state index contributed by atoms with van der Waals surface area (Å²) < 4.78 is 10.9. The van der Waals surface area contributed by atoms with Crippen molar-refractivity contribution in [3.05, 3.63) is 23.3 Å². The number of ether oxygens (including phenoxy) is 2. The molecule has 1 amide bonds. The summed E-state index contributed by atoms with van der Waals surface area (Å²) in [5.41, 5.74) is 7.97. The van der Waals surface area contributed by atoms with E-state index in [1.165, 1.54) is 6.42 Å². The Morgan fingerprint density at radius 2 is 1.75 bits per heavy atom. The maximum atomic E-state index is 13.3. The average molecular weight is 411 g/mol. The largest absolute Gasteiger partial charge is 0.496 e. The van der Waals surface area contributed by atoms with Crippen molar-refractivity contribution < 1.29 is 19.4 Å². The van der Waals surface area contributed by atoms with Gasteiger partial charge in [0.2, 0.25) is 5.91 Å². The molecule has 1 heterocycles. The van der Waals surface area contributed by atoms with Gasteiger partial charge in [0.1, 0.15) is 17.6 Å². The number of hydrogen-bond donors (Lipinski definition) is 2. The van der Waals surface area contributed by atoms with E-state index in [0.717, 1.165) is 36.8 Å². The maximum absolute atomic E-state index is 13.3. The van der Waals surface area contributed by atoms with Crippen molar-refractivity contribution in [3.63, 3.8) is 0 Å². The molecule has 0 spiro atoms. The van der Waals surface area contributed by atoms with Crippen molar-refractivity contribution in [2.75, 3.05) is 20.8 Å². The number of nitrogens with zero attached hydrogens (tertiary/aromatic N) is 1. The summed E-state index contributed by atoms with van der Waals surface area (Å²) >= 11 is 0. The molecule has 7 heteroatoms. The predicted octanol–water partition coefficient (Wildman–Crippen LogP) is 2.65. The molecule has 1 aromatic rings. The first kappa shape index (κ1) is 21.2. The van der Waals surface area contributed by atoms with Gasteiger partial charge in [0.05, 0.1) is 20.8 Å². The number of carbonyl (C=O) groups is 1. The number of aliphatic hydroxyl groups is 1. The fourth-order valence-corrected chi connectivity index (χ4v) is 5.49. The lowest BCUT2D eigenvalue weighted by atomic mass is 9.65. The molecule has 0 radical (unpaired) electrons. The second-order valence-corrected chi connectivity index (χ2v) is 8.29. The number of methoxy groups -OCH3 is 2. The topological polar surface area (TPSA) is 85.0 Å². The Balaban J connectivity index is 0.00000225. The minimum absolute atomic E-state index is 0. The van der Waals surface area contributed by atoms with E-state index in [2.05, 4.69) is 0 Å². The van der Waals surface area contributed by atoms with E-state index in [1.807, 2.05) is 12.1 Å². The van der Waals surface area contributed by atoms with Crippen LogP contribution in [0.4, 0.5) is 0 Å². The van der Waals surface area contributed by atoms with Crippen LogP contribution in [0, 0.1) is 17.8 Å². The van der Waals surface area contributed by atoms with Crippen LogP contribution < -0.4 is 15.2 Å². The Labute approximate surface area is 172 Å². The van der Waals surface area contributed by atoms with E-state index >= 15 is 0 Å². The SMILES string of the molecule is COc1ccc(OC)c2c1CN(C(=O)C1CC3CCCC(C1)C3N)CC2O.Cl. The molecule has 1 aromatic carbocycles. The quantitative estimate of drug-likeness (QED) is 0.800. The van der Waals surface area contributed by atoms with Crippen molar-refractivity contribution in [2.45, 2.75) is 50.8 Å². The predicted molar refractivity (Wildman–Crippen MR) is 109 cm³/mol. The molecule has 0 saturated heterocycles. The first-order valence-corrected chi connectivity index (χ1v) is 9.99. The Morgan fingerprint density at radius 1 is 1.14 bits per heavy atom. The molecule has 1 aliphatic heterocycles. The Bertz CT molecular complexity index is 715. The zero-order chi connectivity index (χ0) is 19.1. The number of rotatable bonds is 3. The molecule has 28 heavy (non-hydrogen) atoms. The average Bonchev–Trinajstić information content (AvgIpc) is 2.66. The third-order valence-electron chi connectivity index (χ3n) is 6.86. The number of carbonyl (C=O) groups excluding carboxylic acids is 1. The lowest BCUT2D eigenvalue weighted by Crippen LogP contribution is -2.50. The molecular weight excluding hydrogens is 380 g/mol. The first-order chi connectivity index (χ1) is 13.0. The molecule has 156 valence electrons. The molecule has 2 bridgehead atoms. The van der Waals surface area contributed by atoms with Gasteiger partial charge in [0, 0.05) is 29.6 Å². The second kappa shape index (κ2) is 8.47. The van der Waals surface area contributed by atoms with Crippen LogP contribution in [-0.2, 0) is 11.3 Å². The van der Waals surface area contributed by atoms with Gasteiger partial charge < -0.3 is 25.2 Å². The number of β-amino-alcohol motifs (C(OH)–C–C–N with tert-alkyl or cyclic N) is 1. The summed E-state index contributed by atoms with van der Waals surface area (Å²) in [5, 5.41) is 10.8. The number of aliphatic hydroxyl groups excluding tert-OH is 1. The first-order valence-electron chi connectivity index (χ1n) is 9.99. The number of halogens is 1. The molecule has 2 aliphatic carbocycles. The van der Waals surface area contributed by atoms with Crippen molar-refractivity contribution in [3.8, 4) is 11.5 Å². The van der Waals surface area contributed by atoms with E-state index in [-0.39, 0.29) is 30.3 Å². The number of amides is 1. The van der Waals surface area contributed by atoms with E-state index in [0.29, 0.717) is 36.4 Å². The summed E-state index contributed by atoms with van der Waals surface area (Å²) in [6.07, 6.45) is 4.50. The van der Waals surface area contributed by atoms with Crippen LogP contribution in [0.15, 0.2) is 12.1 Å². The minimum atomic E-state index is -0.770. The smallest absolute Gasteiger partial charge is 0.226 e. The van der Waals surface area contributed by atoms with Crippen LogP contribution in [0.5, 0.6) is 11.5 Å². The number of hydrogen-bond acceptors (Lipinski definition) is 5. The lowest BCUT2D eigenvalue weighted by Gasteiger charge is -2.45. The summed E-state index contributed by atoms with van der Waals surface area (Å²) in [6.45, 7) is 0.747. The summed E-state index contributed by atoms with van der Waals surface area (Å²) in [7, 11) is 3.20. The van der Waals surface area contributed by atoms with Crippen molar-refractivity contribution in [1.29, 1.82) is 0 Å². The van der Waals surface area contributed by atoms with Crippen LogP contribution in [0.1, 0.15) is 49.3 Å². The second-order valence-electron chi connectivity index (χ2n) is 8.29. The molecule has 3 N–H and O–H groups in total. The van der Waals surface area contributed by atoms with Crippen LogP contribution in [-0.4, -0.2) is 42.7 Å². The Morgan fingerprint density at radius 3 is 2.36 bits per heavy atom. The minimum Gasteiger partial charge on any atom is -0.496 e. The Kier molecular flexibility index (Phi) is 6.42. The fourth-order valence-electron chi connectivity index (χ4n) is 5.49. The van der Waals surface area contributed by atoms with Crippen LogP contribution >= 0.6 is 12.4 Å². The van der Waals surface area contributed by atoms with Gasteiger partial charge in [-0.15, -0.1) is 12.4 Å². The van der Waals surface area contributed by atoms with E-state index in [4.69, 9.17) is 15.2 Å². The fraction of sp³-hybridized carbons (Fsp3) is 0.667. The molecular formula is C21H31ClN2O4. The highest BCUT2D eigenvalue weighted by molar-refractivity contribution is 5.85. The molecule has 2 fully saturated rings. The summed E-state index contributed by atoms with van der Waals surface area (Å²) in [4.78, 5) is 15.1. The van der Waals surface area contributed by atoms with E-state index < -0.39 is 6.10 Å². The standard InChI is InChI=1S/C21H30N2O4.ClH/c1-26-17-6-7-18(27-2)19-15(17)10-23(11-16(19)24)21(25)14-8-12-4-3-5-13(9-14)20(12)22;/h6-7,12-14,16,20,24H,3-5,8-11,22H2,1-2H3;1H. The van der Waals surface area contributed by atoms with Gasteiger partial charge in [-0.05, 0) is 49.7 Å². The van der Waals surface area contributed by atoms with E-state index in [9.17, 15) is 9.90 Å². The van der Waals surface area contributed by atoms with Gasteiger partial charge in [-0.25, -0.2) is 0 Å². The van der Waals surface area contributed by atoms with Gasteiger partial charge in [0.25, 0.3) is 0 Å². The lowest BCUT2D eigenvalue weighted by molar-refractivity contribution is -0.141. The highest BCUT2D eigenvalue weighted by Gasteiger charge is 2.43. The van der Waals surface area contributed by atoms with Gasteiger partial charge in [-0.1, -0.05) is 6.42 Å². The van der Waals surface area contributed by atoms with Gasteiger partial charge in [-0.2, -0.15) is 0 Å². The normalized spacial score (nSPS) is 31.4. The number of nitrogens with two attached hydrogens (primary N) is 1. The Hall–Kier alpha value is -1.50. The molecule has 3 aliphatic rings. The zero-order valence-corrected chi connectivity index (χ0v) is 17.4. The number of benzene rings is 1. The van der Waals surface area contributed by atoms with Gasteiger partial charge >= 0.3 is 0 Å². The van der Waals surface area contributed by atoms with Crippen LogP contribution in [0.3, 0.4) is 0 Å². The molecule has 4 rings (SSSR count). The van der Waals surface area contributed by atoms with Gasteiger partial charge in [0.15, 0.2) is 0 Å². The third kappa shape index (κ3) is 3.58. The van der Waals surface area contributed by atoms with Crippen molar-refractivity contribution >= 4 is 18.3 Å². The summed E-state index contributed by atoms with van der Waals surface area (Å²) in [6, 6.07) is 3.89. The van der Waals surface area contributed by atoms with Gasteiger partial charge in [-0.3, -0.25) is 4.79 Å². The number of fused-ring (bicyclic) bond motifs is 3. The molecule has 3 unspecified atom stereocenters. The third-order valence-corrected chi connectivity index (χ3v) is 6.86. The highest BCUT2D eigenvalue weighted by atomic mass is 35.5. The van der Waals surface area contributed by atoms with Crippen LogP contribution in [0.25, 0.3) is 0 Å². The molecule has 6 nitrogen and oxygen atoms in total. The van der Waals surface area contributed by atoms with Crippen molar-refractivity contribution in [2.24, 2.45) is 23.5 Å².